The van der Waals surface area contributed by atoms with Crippen molar-refractivity contribution < 1.29 is 4.79 Å². The third-order valence-corrected chi connectivity index (χ3v) is 2.33. The van der Waals surface area contributed by atoms with Gasteiger partial charge in [-0.05, 0) is 26.8 Å². The lowest BCUT2D eigenvalue weighted by atomic mass is 10.2. The highest BCUT2D eigenvalue weighted by Crippen LogP contribution is 1.99. The minimum atomic E-state index is 0.204. The molecule has 3 nitrogen and oxygen atoms in total. The highest BCUT2D eigenvalue weighted by Gasteiger charge is 2.13. The Labute approximate surface area is 88.1 Å². The molecule has 0 rings (SSSR count). The average Bonchev–Trinajstić information content (AvgIpc) is 2.02. The van der Waals surface area contributed by atoms with Crippen LogP contribution in [0.2, 0.25) is 0 Å². The van der Waals surface area contributed by atoms with E-state index in [2.05, 4.69) is 32.6 Å². The maximum atomic E-state index is 11.7. The van der Waals surface area contributed by atoms with Crippen LogP contribution < -0.4 is 0 Å². The van der Waals surface area contributed by atoms with Crippen LogP contribution in [0.1, 0.15) is 27.7 Å². The van der Waals surface area contributed by atoms with E-state index in [9.17, 15) is 4.79 Å². The molecule has 0 spiro atoms. The van der Waals surface area contributed by atoms with Gasteiger partial charge in [0.15, 0.2) is 0 Å². The number of hydrogen-bond acceptors (Lipinski definition) is 2. The number of amides is 1. The Morgan fingerprint density at radius 3 is 2.00 bits per heavy atom. The van der Waals surface area contributed by atoms with Crippen molar-refractivity contribution in [1.29, 1.82) is 0 Å². The van der Waals surface area contributed by atoms with E-state index in [0.29, 0.717) is 18.5 Å². The average molecular weight is 200 g/mol. The minimum Gasteiger partial charge on any atom is -0.344 e. The number of carbonyl (C=O) groups excluding carboxylic acids is 1. The number of rotatable bonds is 5. The molecule has 0 saturated heterocycles. The van der Waals surface area contributed by atoms with Gasteiger partial charge in [0.2, 0.25) is 5.91 Å². The first kappa shape index (κ1) is 13.4. The topological polar surface area (TPSA) is 23.6 Å². The summed E-state index contributed by atoms with van der Waals surface area (Å²) in [6, 6.07) is 0.423. The molecule has 0 aromatic rings. The Bertz CT molecular complexity index is 178. The fraction of sp³-hybridized carbons (Fsp3) is 0.909. The summed E-state index contributed by atoms with van der Waals surface area (Å²) in [6.07, 6.45) is 0. The summed E-state index contributed by atoms with van der Waals surface area (Å²) in [4.78, 5) is 15.5. The monoisotopic (exact) mass is 200 g/mol. The van der Waals surface area contributed by atoms with Gasteiger partial charge in [-0.2, -0.15) is 0 Å². The van der Waals surface area contributed by atoms with Gasteiger partial charge >= 0.3 is 0 Å². The predicted molar refractivity (Wildman–Crippen MR) is 60.2 cm³/mol. The first-order valence-electron chi connectivity index (χ1n) is 5.28. The van der Waals surface area contributed by atoms with Crippen LogP contribution in [0.15, 0.2) is 0 Å². The van der Waals surface area contributed by atoms with Crippen molar-refractivity contribution >= 4 is 5.91 Å². The van der Waals surface area contributed by atoms with E-state index in [0.717, 1.165) is 6.54 Å². The standard InChI is InChI=1S/C11H24N2O/c1-9(2)7-13(6)11(14)8-12(5)10(3)4/h9-10H,7-8H2,1-6H3. The summed E-state index contributed by atoms with van der Waals surface area (Å²) in [5, 5.41) is 0. The van der Waals surface area contributed by atoms with E-state index in [1.54, 1.807) is 0 Å². The third kappa shape index (κ3) is 5.22. The number of likely N-dealkylation sites (N-methyl/N-ethyl adjacent to an activating group) is 2. The summed E-state index contributed by atoms with van der Waals surface area (Å²) in [5.41, 5.74) is 0. The first-order valence-corrected chi connectivity index (χ1v) is 5.28. The Balaban J connectivity index is 3.95. The molecule has 0 heterocycles. The zero-order valence-corrected chi connectivity index (χ0v) is 10.4. The number of nitrogens with zero attached hydrogens (tertiary/aromatic N) is 2. The van der Waals surface area contributed by atoms with Gasteiger partial charge in [-0.15, -0.1) is 0 Å². The second-order valence-corrected chi connectivity index (χ2v) is 4.68. The quantitative estimate of drug-likeness (QED) is 0.670. The van der Waals surface area contributed by atoms with Crippen LogP contribution in [0, 0.1) is 5.92 Å². The minimum absolute atomic E-state index is 0.204. The van der Waals surface area contributed by atoms with Gasteiger partial charge in [-0.3, -0.25) is 9.69 Å². The Morgan fingerprint density at radius 1 is 1.14 bits per heavy atom. The van der Waals surface area contributed by atoms with Crippen LogP contribution in [-0.2, 0) is 4.79 Å². The molecule has 14 heavy (non-hydrogen) atoms. The molecule has 0 saturated carbocycles. The summed E-state index contributed by atoms with van der Waals surface area (Å²) in [7, 11) is 3.85. The fourth-order valence-corrected chi connectivity index (χ4v) is 1.17. The zero-order chi connectivity index (χ0) is 11.3. The van der Waals surface area contributed by atoms with Gasteiger partial charge in [0.1, 0.15) is 0 Å². The zero-order valence-electron chi connectivity index (χ0n) is 10.4. The van der Waals surface area contributed by atoms with Crippen LogP contribution >= 0.6 is 0 Å². The Morgan fingerprint density at radius 2 is 1.64 bits per heavy atom. The molecule has 0 aliphatic heterocycles. The first-order chi connectivity index (χ1) is 6.34. The molecule has 0 bridgehead atoms. The number of hydrogen-bond donors (Lipinski definition) is 0. The normalized spacial score (nSPS) is 11.5. The molecule has 0 atom stereocenters. The SMILES string of the molecule is CC(C)CN(C)C(=O)CN(C)C(C)C. The molecule has 0 aromatic heterocycles. The summed E-state index contributed by atoms with van der Waals surface area (Å²) >= 11 is 0. The smallest absolute Gasteiger partial charge is 0.236 e. The van der Waals surface area contributed by atoms with E-state index in [1.807, 2.05) is 19.0 Å². The van der Waals surface area contributed by atoms with Crippen molar-refractivity contribution in [3.63, 3.8) is 0 Å². The second kappa shape index (κ2) is 6.02. The molecule has 0 aliphatic carbocycles. The Kier molecular flexibility index (Phi) is 5.77. The summed E-state index contributed by atoms with van der Waals surface area (Å²) < 4.78 is 0. The van der Waals surface area contributed by atoms with Gasteiger partial charge in [-0.25, -0.2) is 0 Å². The van der Waals surface area contributed by atoms with E-state index >= 15 is 0 Å². The van der Waals surface area contributed by atoms with Crippen molar-refractivity contribution in [2.75, 3.05) is 27.2 Å². The molecule has 84 valence electrons. The van der Waals surface area contributed by atoms with Crippen molar-refractivity contribution in [3.8, 4) is 0 Å². The summed E-state index contributed by atoms with van der Waals surface area (Å²) in [6.45, 7) is 9.78. The molecule has 1 amide bonds. The van der Waals surface area contributed by atoms with Crippen molar-refractivity contribution in [1.82, 2.24) is 9.80 Å². The van der Waals surface area contributed by atoms with Crippen molar-refractivity contribution in [3.05, 3.63) is 0 Å². The van der Waals surface area contributed by atoms with E-state index in [-0.39, 0.29) is 5.91 Å². The largest absolute Gasteiger partial charge is 0.344 e. The third-order valence-electron chi connectivity index (χ3n) is 2.33. The lowest BCUT2D eigenvalue weighted by Crippen LogP contribution is -2.40. The van der Waals surface area contributed by atoms with Crippen molar-refractivity contribution in [2.45, 2.75) is 33.7 Å². The highest BCUT2D eigenvalue weighted by molar-refractivity contribution is 5.77. The lowest BCUT2D eigenvalue weighted by molar-refractivity contribution is -0.131. The fourth-order valence-electron chi connectivity index (χ4n) is 1.17. The van der Waals surface area contributed by atoms with Crippen molar-refractivity contribution in [2.24, 2.45) is 5.92 Å². The van der Waals surface area contributed by atoms with Gasteiger partial charge in [0.25, 0.3) is 0 Å². The second-order valence-electron chi connectivity index (χ2n) is 4.68. The molecular formula is C11H24N2O. The molecule has 0 fully saturated rings. The highest BCUT2D eigenvalue weighted by atomic mass is 16.2. The van der Waals surface area contributed by atoms with Gasteiger partial charge in [0, 0.05) is 19.6 Å². The van der Waals surface area contributed by atoms with Gasteiger partial charge in [-0.1, -0.05) is 13.8 Å². The van der Waals surface area contributed by atoms with Crippen LogP contribution in [0.4, 0.5) is 0 Å². The van der Waals surface area contributed by atoms with E-state index in [1.165, 1.54) is 0 Å². The molecule has 3 heteroatoms. The molecule has 0 radical (unpaired) electrons. The van der Waals surface area contributed by atoms with E-state index in [4.69, 9.17) is 0 Å². The maximum Gasteiger partial charge on any atom is 0.236 e. The molecule has 0 aromatic carbocycles. The molecule has 0 unspecified atom stereocenters. The maximum absolute atomic E-state index is 11.7. The van der Waals surface area contributed by atoms with Crippen LogP contribution in [0.3, 0.4) is 0 Å². The van der Waals surface area contributed by atoms with Crippen LogP contribution in [0.25, 0.3) is 0 Å². The van der Waals surface area contributed by atoms with Gasteiger partial charge < -0.3 is 4.90 Å². The number of carbonyl (C=O) groups is 1. The molecule has 0 aliphatic rings. The lowest BCUT2D eigenvalue weighted by Gasteiger charge is -2.25. The van der Waals surface area contributed by atoms with E-state index < -0.39 is 0 Å². The van der Waals surface area contributed by atoms with Crippen LogP contribution in [-0.4, -0.2) is 48.9 Å². The summed E-state index contributed by atoms with van der Waals surface area (Å²) in [5.74, 6) is 0.739. The van der Waals surface area contributed by atoms with Crippen LogP contribution in [0.5, 0.6) is 0 Å². The van der Waals surface area contributed by atoms with Gasteiger partial charge in [0.05, 0.1) is 6.54 Å². The molecular weight excluding hydrogens is 176 g/mol. The predicted octanol–water partition coefficient (Wildman–Crippen LogP) is 1.44. The molecule has 0 N–H and O–H groups in total. The Hall–Kier alpha value is -0.570.